The van der Waals surface area contributed by atoms with Gasteiger partial charge in [-0.15, -0.1) is 10.2 Å². The molecule has 26 heavy (non-hydrogen) atoms. The van der Waals surface area contributed by atoms with Crippen LogP contribution in [0.4, 0.5) is 5.95 Å². The molecule has 130 valence electrons. The standard InChI is InChI=1S/C20H19N5S/c1-14-7-8-17-16(13-14)19-23-22-18(15-5-3-2-4-6-15)25(19)20(21-17)24-9-11-26-12-10-24/h2-8,13H,9-12H2,1H3. The first-order valence-corrected chi connectivity index (χ1v) is 10.0. The molecule has 6 heteroatoms. The summed E-state index contributed by atoms with van der Waals surface area (Å²) in [6.45, 7) is 4.09. The molecule has 4 aromatic rings. The average molecular weight is 361 g/mol. The molecular formula is C20H19N5S. The van der Waals surface area contributed by atoms with Crippen molar-refractivity contribution in [1.29, 1.82) is 0 Å². The van der Waals surface area contributed by atoms with Crippen molar-refractivity contribution in [3.63, 3.8) is 0 Å². The number of aromatic nitrogens is 4. The molecule has 2 aromatic heterocycles. The molecule has 0 unspecified atom stereocenters. The first kappa shape index (κ1) is 15.6. The van der Waals surface area contributed by atoms with Crippen LogP contribution in [0.3, 0.4) is 0 Å². The second-order valence-corrected chi connectivity index (χ2v) is 7.81. The SMILES string of the molecule is Cc1ccc2nc(N3CCSCC3)n3c(-c4ccccc4)nnc3c2c1. The molecule has 1 aliphatic heterocycles. The lowest BCUT2D eigenvalue weighted by Gasteiger charge is -2.28. The van der Waals surface area contributed by atoms with Crippen LogP contribution in [-0.4, -0.2) is 44.2 Å². The summed E-state index contributed by atoms with van der Waals surface area (Å²) >= 11 is 2.00. The van der Waals surface area contributed by atoms with Crippen LogP contribution in [0.15, 0.2) is 48.5 Å². The normalized spacial score (nSPS) is 15.0. The maximum atomic E-state index is 5.03. The second kappa shape index (κ2) is 6.29. The fourth-order valence-corrected chi connectivity index (χ4v) is 4.39. The van der Waals surface area contributed by atoms with E-state index in [0.717, 1.165) is 58.5 Å². The van der Waals surface area contributed by atoms with E-state index in [0.29, 0.717) is 0 Å². The maximum Gasteiger partial charge on any atom is 0.213 e. The lowest BCUT2D eigenvalue weighted by atomic mass is 10.1. The van der Waals surface area contributed by atoms with Gasteiger partial charge in [-0.05, 0) is 19.1 Å². The molecule has 5 rings (SSSR count). The first-order chi connectivity index (χ1) is 12.8. The highest BCUT2D eigenvalue weighted by Gasteiger charge is 2.21. The van der Waals surface area contributed by atoms with Crippen molar-refractivity contribution < 1.29 is 0 Å². The summed E-state index contributed by atoms with van der Waals surface area (Å²) in [5.41, 5.74) is 4.11. The Kier molecular flexibility index (Phi) is 3.78. The van der Waals surface area contributed by atoms with Gasteiger partial charge in [-0.3, -0.25) is 0 Å². The Labute approximate surface area is 156 Å². The third kappa shape index (κ3) is 2.52. The van der Waals surface area contributed by atoms with E-state index in [-0.39, 0.29) is 0 Å². The summed E-state index contributed by atoms with van der Waals surface area (Å²) < 4.78 is 2.13. The monoisotopic (exact) mass is 361 g/mol. The van der Waals surface area contributed by atoms with Crippen molar-refractivity contribution in [3.05, 3.63) is 54.1 Å². The van der Waals surface area contributed by atoms with Gasteiger partial charge in [-0.1, -0.05) is 42.0 Å². The minimum Gasteiger partial charge on any atom is -0.340 e. The Bertz CT molecular complexity index is 1080. The van der Waals surface area contributed by atoms with Crippen molar-refractivity contribution in [3.8, 4) is 11.4 Å². The van der Waals surface area contributed by atoms with Gasteiger partial charge in [0.1, 0.15) is 0 Å². The van der Waals surface area contributed by atoms with Crippen molar-refractivity contribution >= 4 is 34.3 Å². The molecule has 0 bridgehead atoms. The topological polar surface area (TPSA) is 46.3 Å². The summed E-state index contributed by atoms with van der Waals surface area (Å²) in [6.07, 6.45) is 0. The van der Waals surface area contributed by atoms with E-state index >= 15 is 0 Å². The van der Waals surface area contributed by atoms with Gasteiger partial charge in [0, 0.05) is 35.5 Å². The molecule has 1 aliphatic rings. The van der Waals surface area contributed by atoms with E-state index in [9.17, 15) is 0 Å². The quantitative estimate of drug-likeness (QED) is 0.543. The zero-order chi connectivity index (χ0) is 17.5. The summed E-state index contributed by atoms with van der Waals surface area (Å²) in [5.74, 6) is 4.04. The molecule has 0 atom stereocenters. The van der Waals surface area contributed by atoms with Crippen LogP contribution in [-0.2, 0) is 0 Å². The van der Waals surface area contributed by atoms with Crippen molar-refractivity contribution in [1.82, 2.24) is 19.6 Å². The van der Waals surface area contributed by atoms with Crippen molar-refractivity contribution in [2.75, 3.05) is 29.5 Å². The fourth-order valence-electron chi connectivity index (χ4n) is 3.48. The predicted octanol–water partition coefficient (Wildman–Crippen LogP) is 3.81. The number of thioether (sulfide) groups is 1. The fraction of sp³-hybridized carbons (Fsp3) is 0.250. The smallest absolute Gasteiger partial charge is 0.213 e. The number of hydrogen-bond acceptors (Lipinski definition) is 5. The molecule has 3 heterocycles. The van der Waals surface area contributed by atoms with Crippen molar-refractivity contribution in [2.24, 2.45) is 0 Å². The van der Waals surface area contributed by atoms with E-state index in [1.807, 2.05) is 30.0 Å². The molecular weight excluding hydrogens is 342 g/mol. The second-order valence-electron chi connectivity index (χ2n) is 6.58. The van der Waals surface area contributed by atoms with E-state index < -0.39 is 0 Å². The van der Waals surface area contributed by atoms with Crippen LogP contribution in [0.25, 0.3) is 27.9 Å². The lowest BCUT2D eigenvalue weighted by Crippen LogP contribution is -2.34. The third-order valence-electron chi connectivity index (χ3n) is 4.80. The molecule has 0 spiro atoms. The molecule has 0 radical (unpaired) electrons. The van der Waals surface area contributed by atoms with Crippen LogP contribution < -0.4 is 4.90 Å². The van der Waals surface area contributed by atoms with Gasteiger partial charge in [-0.2, -0.15) is 11.8 Å². The van der Waals surface area contributed by atoms with Crippen molar-refractivity contribution in [2.45, 2.75) is 6.92 Å². The van der Waals surface area contributed by atoms with Gasteiger partial charge in [0.05, 0.1) is 5.52 Å². The van der Waals surface area contributed by atoms with Crippen LogP contribution in [0, 0.1) is 6.92 Å². The number of aryl methyl sites for hydroxylation is 1. The summed E-state index contributed by atoms with van der Waals surface area (Å²) in [5, 5.41) is 10.2. The highest BCUT2D eigenvalue weighted by Crippen LogP contribution is 2.29. The van der Waals surface area contributed by atoms with Crippen LogP contribution in [0.1, 0.15) is 5.56 Å². The summed E-state index contributed by atoms with van der Waals surface area (Å²) in [6, 6.07) is 16.6. The molecule has 1 saturated heterocycles. The van der Waals surface area contributed by atoms with Gasteiger partial charge < -0.3 is 4.90 Å². The number of hydrogen-bond donors (Lipinski definition) is 0. The highest BCUT2D eigenvalue weighted by atomic mass is 32.2. The van der Waals surface area contributed by atoms with Crippen LogP contribution in [0.2, 0.25) is 0 Å². The van der Waals surface area contributed by atoms with Crippen LogP contribution >= 0.6 is 11.8 Å². The molecule has 0 amide bonds. The number of anilines is 1. The summed E-state index contributed by atoms with van der Waals surface area (Å²) in [4.78, 5) is 7.39. The minimum atomic E-state index is 0.852. The maximum absolute atomic E-state index is 5.03. The Morgan fingerprint density at radius 2 is 1.77 bits per heavy atom. The molecule has 2 aromatic carbocycles. The first-order valence-electron chi connectivity index (χ1n) is 8.85. The van der Waals surface area contributed by atoms with Gasteiger partial charge in [0.25, 0.3) is 0 Å². The van der Waals surface area contributed by atoms with Gasteiger partial charge in [0.15, 0.2) is 11.5 Å². The largest absolute Gasteiger partial charge is 0.340 e. The van der Waals surface area contributed by atoms with E-state index in [1.54, 1.807) is 0 Å². The van der Waals surface area contributed by atoms with Crippen LogP contribution in [0.5, 0.6) is 0 Å². The number of rotatable bonds is 2. The Morgan fingerprint density at radius 1 is 0.962 bits per heavy atom. The molecule has 0 aliphatic carbocycles. The van der Waals surface area contributed by atoms with Gasteiger partial charge in [0.2, 0.25) is 5.95 Å². The minimum absolute atomic E-state index is 0.852. The van der Waals surface area contributed by atoms with E-state index in [1.165, 1.54) is 5.56 Å². The average Bonchev–Trinajstić information content (AvgIpc) is 3.14. The third-order valence-corrected chi connectivity index (χ3v) is 5.74. The number of fused-ring (bicyclic) bond motifs is 3. The zero-order valence-electron chi connectivity index (χ0n) is 14.6. The molecule has 0 N–H and O–H groups in total. The number of benzene rings is 2. The molecule has 1 fully saturated rings. The zero-order valence-corrected chi connectivity index (χ0v) is 15.4. The molecule has 5 nitrogen and oxygen atoms in total. The van der Waals surface area contributed by atoms with E-state index in [4.69, 9.17) is 4.98 Å². The Morgan fingerprint density at radius 3 is 2.58 bits per heavy atom. The van der Waals surface area contributed by atoms with Gasteiger partial charge in [-0.25, -0.2) is 9.38 Å². The molecule has 0 saturated carbocycles. The Balaban J connectivity index is 1.84. The summed E-state index contributed by atoms with van der Waals surface area (Å²) in [7, 11) is 0. The van der Waals surface area contributed by atoms with Gasteiger partial charge >= 0.3 is 0 Å². The number of nitrogens with zero attached hydrogens (tertiary/aromatic N) is 5. The highest BCUT2D eigenvalue weighted by molar-refractivity contribution is 7.99. The van der Waals surface area contributed by atoms with E-state index in [2.05, 4.69) is 56.8 Å². The predicted molar refractivity (Wildman–Crippen MR) is 108 cm³/mol. The lowest BCUT2D eigenvalue weighted by molar-refractivity contribution is 0.808. The Hall–Kier alpha value is -2.60.